The average Bonchev–Trinajstić information content (AvgIpc) is 2.90. The first-order valence-electron chi connectivity index (χ1n) is 8.58. The van der Waals surface area contributed by atoms with E-state index in [9.17, 15) is 0 Å². The van der Waals surface area contributed by atoms with E-state index in [2.05, 4.69) is 38.0 Å². The van der Waals surface area contributed by atoms with Gasteiger partial charge in [-0.15, -0.1) is 0 Å². The molecule has 1 N–H and O–H groups in total. The van der Waals surface area contributed by atoms with Gasteiger partial charge in [-0.2, -0.15) is 0 Å². The number of nitrogens with one attached hydrogen (secondary N) is 1. The smallest absolute Gasteiger partial charge is 0.0702 e. The summed E-state index contributed by atoms with van der Waals surface area (Å²) in [6.07, 6.45) is 7.09. The lowest BCUT2D eigenvalue weighted by Gasteiger charge is -2.45. The second-order valence-corrected chi connectivity index (χ2v) is 7.39. The van der Waals surface area contributed by atoms with Gasteiger partial charge < -0.3 is 15.0 Å². The number of ether oxygens (including phenoxy) is 1. The molecule has 1 aliphatic carbocycles. The first-order chi connectivity index (χ1) is 9.56. The summed E-state index contributed by atoms with van der Waals surface area (Å²) in [6, 6.07) is 0.648. The molecule has 0 spiro atoms. The van der Waals surface area contributed by atoms with E-state index in [4.69, 9.17) is 4.74 Å². The van der Waals surface area contributed by atoms with Crippen molar-refractivity contribution in [3.63, 3.8) is 0 Å². The summed E-state index contributed by atoms with van der Waals surface area (Å²) in [5.74, 6) is 0.783. The predicted octanol–water partition coefficient (Wildman–Crippen LogP) is 2.90. The molecule has 2 fully saturated rings. The maximum Gasteiger partial charge on any atom is 0.0702 e. The van der Waals surface area contributed by atoms with Crippen molar-refractivity contribution in [2.45, 2.75) is 65.0 Å². The molecule has 0 bridgehead atoms. The zero-order valence-electron chi connectivity index (χ0n) is 14.0. The van der Waals surface area contributed by atoms with Gasteiger partial charge in [0.2, 0.25) is 0 Å². The summed E-state index contributed by atoms with van der Waals surface area (Å²) in [5.41, 5.74) is 0.431. The summed E-state index contributed by atoms with van der Waals surface area (Å²) in [4.78, 5) is 2.62. The Bertz CT molecular complexity index is 287. The van der Waals surface area contributed by atoms with Crippen LogP contribution >= 0.6 is 0 Å². The molecule has 0 aromatic carbocycles. The van der Waals surface area contributed by atoms with Crippen LogP contribution in [0.3, 0.4) is 0 Å². The standard InChI is InChI=1S/C17H34N2O/c1-5-19(13-15-9-7-11-20-15)12-14-8-6-10-17(2,3)16(14)18-4/h14-16,18H,5-13H2,1-4H3. The van der Waals surface area contributed by atoms with E-state index in [1.165, 1.54) is 38.6 Å². The van der Waals surface area contributed by atoms with Crippen LogP contribution in [0, 0.1) is 11.3 Å². The molecule has 3 heteroatoms. The molecule has 1 saturated carbocycles. The third-order valence-corrected chi connectivity index (χ3v) is 5.45. The lowest BCUT2D eigenvalue weighted by atomic mass is 9.68. The summed E-state index contributed by atoms with van der Waals surface area (Å²) in [5, 5.41) is 3.61. The van der Waals surface area contributed by atoms with E-state index >= 15 is 0 Å². The van der Waals surface area contributed by atoms with E-state index in [-0.39, 0.29) is 0 Å². The highest BCUT2D eigenvalue weighted by Crippen LogP contribution is 2.39. The highest BCUT2D eigenvalue weighted by atomic mass is 16.5. The molecular weight excluding hydrogens is 248 g/mol. The molecule has 1 saturated heterocycles. The zero-order valence-corrected chi connectivity index (χ0v) is 14.0. The van der Waals surface area contributed by atoms with Crippen molar-refractivity contribution in [1.82, 2.24) is 10.2 Å². The summed E-state index contributed by atoms with van der Waals surface area (Å²) < 4.78 is 5.81. The van der Waals surface area contributed by atoms with Crippen LogP contribution in [0.4, 0.5) is 0 Å². The monoisotopic (exact) mass is 282 g/mol. The van der Waals surface area contributed by atoms with Crippen molar-refractivity contribution >= 4 is 0 Å². The number of nitrogens with zero attached hydrogens (tertiary/aromatic N) is 1. The molecule has 3 nitrogen and oxygen atoms in total. The van der Waals surface area contributed by atoms with E-state index in [1.54, 1.807) is 0 Å². The molecule has 1 heterocycles. The van der Waals surface area contributed by atoms with Gasteiger partial charge in [0.25, 0.3) is 0 Å². The summed E-state index contributed by atoms with van der Waals surface area (Å²) >= 11 is 0. The van der Waals surface area contributed by atoms with E-state index in [1.807, 2.05) is 0 Å². The SMILES string of the molecule is CCN(CC1CCCO1)CC1CCCC(C)(C)C1NC. The first-order valence-corrected chi connectivity index (χ1v) is 8.58. The maximum absolute atomic E-state index is 5.81. The van der Waals surface area contributed by atoms with Gasteiger partial charge in [-0.1, -0.05) is 27.2 Å². The normalized spacial score (nSPS) is 33.8. The van der Waals surface area contributed by atoms with Crippen LogP contribution in [0.5, 0.6) is 0 Å². The molecule has 20 heavy (non-hydrogen) atoms. The van der Waals surface area contributed by atoms with Gasteiger partial charge in [0.1, 0.15) is 0 Å². The van der Waals surface area contributed by atoms with Crippen LogP contribution in [-0.4, -0.2) is 50.3 Å². The quantitative estimate of drug-likeness (QED) is 0.811. The van der Waals surface area contributed by atoms with Gasteiger partial charge in [-0.25, -0.2) is 0 Å². The molecule has 0 amide bonds. The predicted molar refractivity (Wildman–Crippen MR) is 85.1 cm³/mol. The molecule has 2 rings (SSSR count). The van der Waals surface area contributed by atoms with Gasteiger partial charge in [0.15, 0.2) is 0 Å². The topological polar surface area (TPSA) is 24.5 Å². The third kappa shape index (κ3) is 3.96. The summed E-state index contributed by atoms with van der Waals surface area (Å²) in [7, 11) is 2.14. The maximum atomic E-state index is 5.81. The number of hydrogen-bond acceptors (Lipinski definition) is 3. The first kappa shape index (κ1) is 16.3. The minimum absolute atomic E-state index is 0.431. The van der Waals surface area contributed by atoms with Crippen molar-refractivity contribution in [1.29, 1.82) is 0 Å². The van der Waals surface area contributed by atoms with Crippen molar-refractivity contribution < 1.29 is 4.74 Å². The van der Waals surface area contributed by atoms with Gasteiger partial charge in [0, 0.05) is 25.7 Å². The fraction of sp³-hybridized carbons (Fsp3) is 1.00. The van der Waals surface area contributed by atoms with Crippen LogP contribution in [0.15, 0.2) is 0 Å². The second-order valence-electron chi connectivity index (χ2n) is 7.39. The lowest BCUT2D eigenvalue weighted by Crippen LogP contribution is -2.52. The largest absolute Gasteiger partial charge is 0.377 e. The van der Waals surface area contributed by atoms with E-state index in [0.717, 1.165) is 25.6 Å². The van der Waals surface area contributed by atoms with Crippen LogP contribution in [0.2, 0.25) is 0 Å². The van der Waals surface area contributed by atoms with Crippen molar-refractivity contribution in [3.8, 4) is 0 Å². The molecule has 0 aromatic heterocycles. The second kappa shape index (κ2) is 7.24. The third-order valence-electron chi connectivity index (χ3n) is 5.45. The fourth-order valence-corrected chi connectivity index (χ4v) is 4.34. The molecule has 2 aliphatic rings. The Kier molecular flexibility index (Phi) is 5.88. The Morgan fingerprint density at radius 1 is 1.20 bits per heavy atom. The van der Waals surface area contributed by atoms with Gasteiger partial charge in [0.05, 0.1) is 6.10 Å². The molecule has 118 valence electrons. The van der Waals surface area contributed by atoms with Gasteiger partial charge in [-0.05, 0) is 50.6 Å². The lowest BCUT2D eigenvalue weighted by molar-refractivity contribution is 0.0467. The molecule has 0 radical (unpaired) electrons. The summed E-state index contributed by atoms with van der Waals surface area (Å²) in [6.45, 7) is 11.6. The number of likely N-dealkylation sites (N-methyl/N-ethyl adjacent to an activating group) is 1. The van der Waals surface area contributed by atoms with Crippen LogP contribution in [0.25, 0.3) is 0 Å². The number of hydrogen-bond donors (Lipinski definition) is 1. The average molecular weight is 282 g/mol. The Morgan fingerprint density at radius 3 is 2.60 bits per heavy atom. The Labute approximate surface area is 125 Å². The molecule has 3 atom stereocenters. The zero-order chi connectivity index (χ0) is 14.6. The fourth-order valence-electron chi connectivity index (χ4n) is 4.34. The number of rotatable bonds is 6. The molecule has 0 aromatic rings. The highest BCUT2D eigenvalue weighted by Gasteiger charge is 2.38. The Morgan fingerprint density at radius 2 is 2.00 bits per heavy atom. The van der Waals surface area contributed by atoms with Crippen molar-refractivity contribution in [3.05, 3.63) is 0 Å². The van der Waals surface area contributed by atoms with Crippen molar-refractivity contribution in [2.24, 2.45) is 11.3 Å². The minimum Gasteiger partial charge on any atom is -0.377 e. The molecule has 1 aliphatic heterocycles. The van der Waals surface area contributed by atoms with Crippen molar-refractivity contribution in [2.75, 3.05) is 33.3 Å². The van der Waals surface area contributed by atoms with Crippen LogP contribution in [0.1, 0.15) is 52.9 Å². The molecular formula is C17H34N2O. The van der Waals surface area contributed by atoms with Crippen LogP contribution < -0.4 is 5.32 Å². The molecule has 3 unspecified atom stereocenters. The Balaban J connectivity index is 1.91. The Hall–Kier alpha value is -0.120. The minimum atomic E-state index is 0.431. The van der Waals surface area contributed by atoms with E-state index < -0.39 is 0 Å². The van der Waals surface area contributed by atoms with Crippen LogP contribution in [-0.2, 0) is 4.74 Å². The van der Waals surface area contributed by atoms with Gasteiger partial charge in [-0.3, -0.25) is 0 Å². The van der Waals surface area contributed by atoms with E-state index in [0.29, 0.717) is 17.6 Å². The highest BCUT2D eigenvalue weighted by molar-refractivity contribution is 4.94. The van der Waals surface area contributed by atoms with Gasteiger partial charge >= 0.3 is 0 Å².